The predicted octanol–water partition coefficient (Wildman–Crippen LogP) is 2.89. The number of nitrogens with one attached hydrogen (secondary N) is 2. The molecule has 3 heteroatoms. The largest absolute Gasteiger partial charge is 0.347 e. The molecule has 0 saturated heterocycles. The minimum atomic E-state index is 0.459. The van der Waals surface area contributed by atoms with Crippen LogP contribution in [-0.4, -0.2) is 16.5 Å². The van der Waals surface area contributed by atoms with Crippen molar-refractivity contribution in [3.8, 4) is 0 Å². The molecule has 17 heavy (non-hydrogen) atoms. The van der Waals surface area contributed by atoms with E-state index in [1.54, 1.807) is 0 Å². The third kappa shape index (κ3) is 2.13. The van der Waals surface area contributed by atoms with Crippen LogP contribution >= 0.6 is 0 Å². The molecule has 0 aliphatic heterocycles. The minimum absolute atomic E-state index is 0.459. The van der Waals surface area contributed by atoms with E-state index in [9.17, 15) is 0 Å². The van der Waals surface area contributed by atoms with Gasteiger partial charge in [0.2, 0.25) is 0 Å². The average molecular weight is 233 g/mol. The Morgan fingerprint density at radius 3 is 3.00 bits per heavy atom. The topological polar surface area (TPSA) is 40.7 Å². The van der Waals surface area contributed by atoms with E-state index in [0.29, 0.717) is 6.04 Å². The molecule has 1 aromatic rings. The van der Waals surface area contributed by atoms with Crippen LogP contribution < -0.4 is 5.32 Å². The standard InChI is InChI=1S/C14H23N3/c1-2-5-15-13(14-16-6-7-17-14)12-9-10-3-4-11(12)8-10/h6-7,10-13,15H,2-5,8-9H2,1H3,(H,16,17). The first-order valence-electron chi connectivity index (χ1n) is 7.11. The second-order valence-corrected chi connectivity index (χ2v) is 5.74. The van der Waals surface area contributed by atoms with Gasteiger partial charge >= 0.3 is 0 Å². The van der Waals surface area contributed by atoms with E-state index in [0.717, 1.165) is 30.1 Å². The highest BCUT2D eigenvalue weighted by molar-refractivity contribution is 5.04. The van der Waals surface area contributed by atoms with Gasteiger partial charge in [-0.25, -0.2) is 4.98 Å². The Balaban J connectivity index is 1.74. The smallest absolute Gasteiger partial charge is 0.123 e. The van der Waals surface area contributed by atoms with Gasteiger partial charge in [0.1, 0.15) is 5.82 Å². The van der Waals surface area contributed by atoms with Gasteiger partial charge in [-0.15, -0.1) is 0 Å². The first-order chi connectivity index (χ1) is 8.38. The highest BCUT2D eigenvalue weighted by atomic mass is 15.0. The summed E-state index contributed by atoms with van der Waals surface area (Å²) in [4.78, 5) is 7.79. The molecule has 0 amide bonds. The van der Waals surface area contributed by atoms with Crippen molar-refractivity contribution in [3.63, 3.8) is 0 Å². The van der Waals surface area contributed by atoms with Crippen molar-refractivity contribution in [3.05, 3.63) is 18.2 Å². The molecule has 0 spiro atoms. The van der Waals surface area contributed by atoms with E-state index >= 15 is 0 Å². The molecule has 3 rings (SSSR count). The Kier molecular flexibility index (Phi) is 3.19. The molecule has 1 heterocycles. The Labute approximate surface area is 103 Å². The lowest BCUT2D eigenvalue weighted by Gasteiger charge is -2.30. The van der Waals surface area contributed by atoms with Gasteiger partial charge in [0, 0.05) is 12.4 Å². The molecular weight excluding hydrogens is 210 g/mol. The summed E-state index contributed by atoms with van der Waals surface area (Å²) in [6.45, 7) is 3.33. The van der Waals surface area contributed by atoms with Crippen LogP contribution in [0.5, 0.6) is 0 Å². The normalized spacial score (nSPS) is 33.1. The van der Waals surface area contributed by atoms with Gasteiger partial charge in [-0.05, 0) is 50.0 Å². The number of hydrogen-bond donors (Lipinski definition) is 2. The lowest BCUT2D eigenvalue weighted by atomic mass is 9.83. The highest BCUT2D eigenvalue weighted by Gasteiger charge is 2.43. The van der Waals surface area contributed by atoms with Gasteiger partial charge in [-0.2, -0.15) is 0 Å². The molecule has 2 fully saturated rings. The molecule has 4 atom stereocenters. The Bertz CT molecular complexity index is 346. The van der Waals surface area contributed by atoms with Crippen molar-refractivity contribution < 1.29 is 0 Å². The van der Waals surface area contributed by atoms with Gasteiger partial charge in [0.25, 0.3) is 0 Å². The van der Waals surface area contributed by atoms with E-state index < -0.39 is 0 Å². The Morgan fingerprint density at radius 1 is 1.47 bits per heavy atom. The zero-order valence-corrected chi connectivity index (χ0v) is 10.7. The van der Waals surface area contributed by atoms with Crippen molar-refractivity contribution in [2.75, 3.05) is 6.54 Å². The summed E-state index contributed by atoms with van der Waals surface area (Å²) in [5.74, 6) is 3.91. The minimum Gasteiger partial charge on any atom is -0.347 e. The number of imidazole rings is 1. The lowest BCUT2D eigenvalue weighted by Crippen LogP contribution is -2.32. The summed E-state index contributed by atoms with van der Waals surface area (Å²) < 4.78 is 0. The molecule has 2 saturated carbocycles. The molecule has 94 valence electrons. The number of nitrogens with zero attached hydrogens (tertiary/aromatic N) is 1. The fourth-order valence-electron chi connectivity index (χ4n) is 3.90. The number of fused-ring (bicyclic) bond motifs is 2. The van der Waals surface area contributed by atoms with Crippen LogP contribution in [0.15, 0.2) is 12.4 Å². The van der Waals surface area contributed by atoms with Crippen LogP contribution in [0.4, 0.5) is 0 Å². The summed E-state index contributed by atoms with van der Waals surface area (Å²) in [5, 5.41) is 3.70. The number of aromatic nitrogens is 2. The van der Waals surface area contributed by atoms with Gasteiger partial charge in [0.05, 0.1) is 6.04 Å². The highest BCUT2D eigenvalue weighted by Crippen LogP contribution is 2.52. The third-order valence-corrected chi connectivity index (χ3v) is 4.65. The summed E-state index contributed by atoms with van der Waals surface area (Å²) in [5.41, 5.74) is 0. The van der Waals surface area contributed by atoms with Crippen LogP contribution in [0, 0.1) is 17.8 Å². The Hall–Kier alpha value is -0.830. The van der Waals surface area contributed by atoms with E-state index in [1.165, 1.54) is 32.1 Å². The van der Waals surface area contributed by atoms with Crippen molar-refractivity contribution in [2.45, 2.75) is 45.1 Å². The maximum absolute atomic E-state index is 4.48. The van der Waals surface area contributed by atoms with Crippen molar-refractivity contribution in [1.82, 2.24) is 15.3 Å². The summed E-state index contributed by atoms with van der Waals surface area (Å²) in [6.07, 6.45) is 10.8. The predicted molar refractivity (Wildman–Crippen MR) is 68.6 cm³/mol. The first-order valence-corrected chi connectivity index (χ1v) is 7.11. The second kappa shape index (κ2) is 4.81. The van der Waals surface area contributed by atoms with E-state index in [1.807, 2.05) is 12.4 Å². The molecule has 0 aromatic carbocycles. The lowest BCUT2D eigenvalue weighted by molar-refractivity contribution is 0.244. The molecule has 3 nitrogen and oxygen atoms in total. The average Bonchev–Trinajstić information content (AvgIpc) is 3.06. The van der Waals surface area contributed by atoms with Crippen LogP contribution in [0.25, 0.3) is 0 Å². The van der Waals surface area contributed by atoms with Gasteiger partial charge in [0.15, 0.2) is 0 Å². The van der Waals surface area contributed by atoms with Gasteiger partial charge < -0.3 is 10.3 Å². The van der Waals surface area contributed by atoms with E-state index in [-0.39, 0.29) is 0 Å². The van der Waals surface area contributed by atoms with E-state index in [2.05, 4.69) is 22.2 Å². The zero-order valence-electron chi connectivity index (χ0n) is 10.7. The maximum Gasteiger partial charge on any atom is 0.123 e. The summed E-state index contributed by atoms with van der Waals surface area (Å²) in [7, 11) is 0. The number of rotatable bonds is 5. The van der Waals surface area contributed by atoms with Crippen LogP contribution in [0.1, 0.15) is 50.9 Å². The first kappa shape index (κ1) is 11.3. The monoisotopic (exact) mass is 233 g/mol. The quantitative estimate of drug-likeness (QED) is 0.821. The van der Waals surface area contributed by atoms with Crippen LogP contribution in [-0.2, 0) is 0 Å². The Morgan fingerprint density at radius 2 is 2.41 bits per heavy atom. The SMILES string of the molecule is CCCNC(c1ncc[nH]1)C1CC2CCC1C2. The van der Waals surface area contributed by atoms with Crippen molar-refractivity contribution in [2.24, 2.45) is 17.8 Å². The molecule has 2 aliphatic carbocycles. The molecule has 2 aliphatic rings. The number of H-pyrrole nitrogens is 1. The fraction of sp³-hybridized carbons (Fsp3) is 0.786. The number of aromatic amines is 1. The number of hydrogen-bond acceptors (Lipinski definition) is 2. The molecule has 1 aromatic heterocycles. The second-order valence-electron chi connectivity index (χ2n) is 5.74. The van der Waals surface area contributed by atoms with Gasteiger partial charge in [-0.3, -0.25) is 0 Å². The van der Waals surface area contributed by atoms with Crippen molar-refractivity contribution >= 4 is 0 Å². The molecule has 2 bridgehead atoms. The third-order valence-electron chi connectivity index (χ3n) is 4.65. The van der Waals surface area contributed by atoms with Crippen LogP contribution in [0.2, 0.25) is 0 Å². The molecule has 4 unspecified atom stereocenters. The summed E-state index contributed by atoms with van der Waals surface area (Å²) in [6, 6.07) is 0.459. The maximum atomic E-state index is 4.48. The van der Waals surface area contributed by atoms with E-state index in [4.69, 9.17) is 0 Å². The fourth-order valence-corrected chi connectivity index (χ4v) is 3.90. The zero-order chi connectivity index (χ0) is 11.7. The van der Waals surface area contributed by atoms with Crippen LogP contribution in [0.3, 0.4) is 0 Å². The molecule has 2 N–H and O–H groups in total. The summed E-state index contributed by atoms with van der Waals surface area (Å²) >= 11 is 0. The van der Waals surface area contributed by atoms with Gasteiger partial charge in [-0.1, -0.05) is 13.3 Å². The van der Waals surface area contributed by atoms with Crippen molar-refractivity contribution in [1.29, 1.82) is 0 Å². The molecular formula is C14H23N3. The molecule has 0 radical (unpaired) electrons.